The highest BCUT2D eigenvalue weighted by atomic mass is 35.5. The largest absolute Gasteiger partial charge is 0.310 e. The second-order valence-corrected chi connectivity index (χ2v) is 8.49. The summed E-state index contributed by atoms with van der Waals surface area (Å²) in [6, 6.07) is 6.38. The van der Waals surface area contributed by atoms with Gasteiger partial charge in [-0.2, -0.15) is 0 Å². The number of hydrogen-bond donors (Lipinski definition) is 1. The maximum atomic E-state index is 6.25. The standard InChI is InChI=1S/C17H25Cl2N/c1-16(2)8-13(9-17(3,4)11-16)20-10-12-6-5-7-14(18)15(12)19/h5-7,13,20H,8-11H2,1-4H3. The van der Waals surface area contributed by atoms with Gasteiger partial charge in [0, 0.05) is 12.6 Å². The number of hydrogen-bond acceptors (Lipinski definition) is 1. The molecule has 1 fully saturated rings. The second kappa shape index (κ2) is 5.87. The van der Waals surface area contributed by atoms with Crippen LogP contribution in [-0.2, 0) is 6.54 Å². The molecular formula is C17H25Cl2N. The lowest BCUT2D eigenvalue weighted by Crippen LogP contribution is -2.43. The van der Waals surface area contributed by atoms with Gasteiger partial charge in [0.15, 0.2) is 0 Å². The van der Waals surface area contributed by atoms with E-state index in [4.69, 9.17) is 23.2 Å². The highest BCUT2D eigenvalue weighted by molar-refractivity contribution is 6.42. The quantitative estimate of drug-likeness (QED) is 0.756. The van der Waals surface area contributed by atoms with E-state index in [2.05, 4.69) is 33.0 Å². The van der Waals surface area contributed by atoms with E-state index >= 15 is 0 Å². The molecule has 0 bridgehead atoms. The molecule has 0 unspecified atom stereocenters. The molecule has 1 aromatic rings. The fourth-order valence-corrected chi connectivity index (χ4v) is 4.32. The lowest BCUT2D eigenvalue weighted by atomic mass is 9.63. The average molecular weight is 314 g/mol. The summed E-state index contributed by atoms with van der Waals surface area (Å²) in [4.78, 5) is 0. The predicted octanol–water partition coefficient (Wildman–Crippen LogP) is 5.69. The van der Waals surface area contributed by atoms with Gasteiger partial charge in [-0.05, 0) is 41.7 Å². The van der Waals surface area contributed by atoms with Crippen LogP contribution < -0.4 is 5.32 Å². The molecule has 112 valence electrons. The molecule has 2 rings (SSSR count). The molecule has 1 nitrogen and oxygen atoms in total. The SMILES string of the molecule is CC1(C)CC(NCc2cccc(Cl)c2Cl)CC(C)(C)C1. The van der Waals surface area contributed by atoms with Crippen LogP contribution in [0.3, 0.4) is 0 Å². The minimum absolute atomic E-state index is 0.400. The Bertz CT molecular complexity index is 464. The van der Waals surface area contributed by atoms with Gasteiger partial charge in [-0.3, -0.25) is 0 Å². The first-order valence-corrected chi connectivity index (χ1v) is 8.10. The molecule has 0 heterocycles. The van der Waals surface area contributed by atoms with Crippen molar-refractivity contribution in [2.45, 2.75) is 59.5 Å². The van der Waals surface area contributed by atoms with Crippen LogP contribution in [0.2, 0.25) is 10.0 Å². The summed E-state index contributed by atoms with van der Waals surface area (Å²) >= 11 is 12.3. The van der Waals surface area contributed by atoms with Crippen molar-refractivity contribution >= 4 is 23.2 Å². The van der Waals surface area contributed by atoms with Gasteiger partial charge in [0.05, 0.1) is 10.0 Å². The third-order valence-electron chi connectivity index (χ3n) is 4.17. The summed E-state index contributed by atoms with van der Waals surface area (Å²) in [5.74, 6) is 0. The minimum atomic E-state index is 0.400. The number of rotatable bonds is 3. The van der Waals surface area contributed by atoms with Gasteiger partial charge in [-0.1, -0.05) is 63.0 Å². The second-order valence-electron chi connectivity index (χ2n) is 7.70. The smallest absolute Gasteiger partial charge is 0.0637 e. The summed E-state index contributed by atoms with van der Waals surface area (Å²) in [7, 11) is 0. The van der Waals surface area contributed by atoms with Gasteiger partial charge in [0.1, 0.15) is 0 Å². The Morgan fingerprint density at radius 3 is 2.30 bits per heavy atom. The minimum Gasteiger partial charge on any atom is -0.310 e. The molecule has 0 saturated heterocycles. The van der Waals surface area contributed by atoms with Crippen molar-refractivity contribution in [1.29, 1.82) is 0 Å². The molecule has 3 heteroatoms. The Labute approximate surface area is 133 Å². The zero-order valence-electron chi connectivity index (χ0n) is 12.9. The summed E-state index contributed by atoms with van der Waals surface area (Å²) < 4.78 is 0. The van der Waals surface area contributed by atoms with E-state index in [0.717, 1.165) is 12.1 Å². The van der Waals surface area contributed by atoms with Crippen molar-refractivity contribution < 1.29 is 0 Å². The van der Waals surface area contributed by atoms with E-state index in [9.17, 15) is 0 Å². The highest BCUT2D eigenvalue weighted by Gasteiger charge is 2.38. The molecule has 0 atom stereocenters. The van der Waals surface area contributed by atoms with Gasteiger partial charge in [0.2, 0.25) is 0 Å². The van der Waals surface area contributed by atoms with Crippen LogP contribution in [0.1, 0.15) is 52.5 Å². The highest BCUT2D eigenvalue weighted by Crippen LogP contribution is 2.45. The van der Waals surface area contributed by atoms with E-state index in [1.54, 1.807) is 0 Å². The predicted molar refractivity (Wildman–Crippen MR) is 88.5 cm³/mol. The molecule has 1 aromatic carbocycles. The molecule has 20 heavy (non-hydrogen) atoms. The van der Waals surface area contributed by atoms with Gasteiger partial charge in [-0.25, -0.2) is 0 Å². The Kier molecular flexibility index (Phi) is 4.73. The van der Waals surface area contributed by atoms with E-state index < -0.39 is 0 Å². The van der Waals surface area contributed by atoms with Gasteiger partial charge in [-0.15, -0.1) is 0 Å². The molecule has 1 aliphatic carbocycles. The molecule has 0 amide bonds. The van der Waals surface area contributed by atoms with Crippen LogP contribution in [0, 0.1) is 10.8 Å². The Balaban J connectivity index is 2.02. The topological polar surface area (TPSA) is 12.0 Å². The van der Waals surface area contributed by atoms with Gasteiger partial charge < -0.3 is 5.32 Å². The van der Waals surface area contributed by atoms with Crippen molar-refractivity contribution in [2.24, 2.45) is 10.8 Å². The van der Waals surface area contributed by atoms with Crippen LogP contribution in [-0.4, -0.2) is 6.04 Å². The lowest BCUT2D eigenvalue weighted by molar-refractivity contribution is 0.0845. The van der Waals surface area contributed by atoms with Crippen molar-refractivity contribution in [3.8, 4) is 0 Å². The van der Waals surface area contributed by atoms with E-state index in [-0.39, 0.29) is 0 Å². The summed E-state index contributed by atoms with van der Waals surface area (Å²) in [5.41, 5.74) is 1.88. The molecular weight excluding hydrogens is 289 g/mol. The Morgan fingerprint density at radius 1 is 1.10 bits per heavy atom. The van der Waals surface area contributed by atoms with E-state index in [1.165, 1.54) is 19.3 Å². The number of benzene rings is 1. The fourth-order valence-electron chi connectivity index (χ4n) is 3.93. The van der Waals surface area contributed by atoms with Gasteiger partial charge in [0.25, 0.3) is 0 Å². The van der Waals surface area contributed by atoms with Crippen molar-refractivity contribution in [3.63, 3.8) is 0 Å². The maximum absolute atomic E-state index is 6.25. The van der Waals surface area contributed by atoms with Crippen LogP contribution in [0.4, 0.5) is 0 Å². The first kappa shape index (κ1) is 16.1. The first-order chi connectivity index (χ1) is 9.19. The third kappa shape index (κ3) is 4.13. The lowest BCUT2D eigenvalue weighted by Gasteiger charge is -2.45. The van der Waals surface area contributed by atoms with E-state index in [1.807, 2.05) is 18.2 Å². The van der Waals surface area contributed by atoms with Crippen LogP contribution >= 0.6 is 23.2 Å². The monoisotopic (exact) mass is 313 g/mol. The molecule has 1 N–H and O–H groups in total. The third-order valence-corrected chi connectivity index (χ3v) is 5.03. The molecule has 1 saturated carbocycles. The van der Waals surface area contributed by atoms with Crippen molar-refractivity contribution in [1.82, 2.24) is 5.32 Å². The van der Waals surface area contributed by atoms with Crippen LogP contribution in [0.15, 0.2) is 18.2 Å². The number of nitrogens with one attached hydrogen (secondary N) is 1. The molecule has 0 radical (unpaired) electrons. The zero-order valence-corrected chi connectivity index (χ0v) is 14.4. The van der Waals surface area contributed by atoms with E-state index in [0.29, 0.717) is 26.9 Å². The maximum Gasteiger partial charge on any atom is 0.0637 e. The van der Waals surface area contributed by atoms with Crippen LogP contribution in [0.25, 0.3) is 0 Å². The average Bonchev–Trinajstić information content (AvgIpc) is 2.27. The van der Waals surface area contributed by atoms with Crippen molar-refractivity contribution in [2.75, 3.05) is 0 Å². The molecule has 0 aliphatic heterocycles. The number of halogens is 2. The van der Waals surface area contributed by atoms with Gasteiger partial charge >= 0.3 is 0 Å². The fraction of sp³-hybridized carbons (Fsp3) is 0.647. The summed E-state index contributed by atoms with van der Waals surface area (Å²) in [6.07, 6.45) is 3.72. The first-order valence-electron chi connectivity index (χ1n) is 7.35. The molecule has 0 spiro atoms. The Morgan fingerprint density at radius 2 is 1.70 bits per heavy atom. The molecule has 1 aliphatic rings. The molecule has 0 aromatic heterocycles. The normalized spacial score (nSPS) is 21.9. The Hall–Kier alpha value is -0.240. The summed E-state index contributed by atoms with van der Waals surface area (Å²) in [5, 5.41) is 4.99. The van der Waals surface area contributed by atoms with Crippen molar-refractivity contribution in [3.05, 3.63) is 33.8 Å². The van der Waals surface area contributed by atoms with Crippen LogP contribution in [0.5, 0.6) is 0 Å². The zero-order chi connectivity index (χ0) is 15.0. The summed E-state index contributed by atoms with van der Waals surface area (Å²) in [6.45, 7) is 10.3.